The van der Waals surface area contributed by atoms with Gasteiger partial charge >= 0.3 is 5.97 Å². The van der Waals surface area contributed by atoms with Crippen molar-refractivity contribution in [3.8, 4) is 11.1 Å². The van der Waals surface area contributed by atoms with Crippen LogP contribution in [0.25, 0.3) is 22.0 Å². The minimum absolute atomic E-state index is 0.0647. The number of hydrogen-bond donors (Lipinski definition) is 2. The van der Waals surface area contributed by atoms with Crippen LogP contribution in [0.1, 0.15) is 5.56 Å². The fraction of sp³-hybridized carbons (Fsp3) is 0.136. The molecule has 0 bridgehead atoms. The van der Waals surface area contributed by atoms with E-state index in [1.807, 2.05) is 52.0 Å². The number of carboxylic acids is 1. The second kappa shape index (κ2) is 8.02. The summed E-state index contributed by atoms with van der Waals surface area (Å²) in [6.45, 7) is 0.346. The maximum absolute atomic E-state index is 12.0. The monoisotopic (exact) mass is 388 g/mol. The van der Waals surface area contributed by atoms with Gasteiger partial charge in [-0.25, -0.2) is 0 Å². The van der Waals surface area contributed by atoms with Crippen molar-refractivity contribution in [1.82, 2.24) is 19.7 Å². The van der Waals surface area contributed by atoms with E-state index in [0.717, 1.165) is 27.6 Å². The average Bonchev–Trinajstić information content (AvgIpc) is 3.37. The normalized spacial score (nSPS) is 10.9. The SMILES string of the molecule is O=C(O)CNC(=O)Cn1ccc2ccc(-c3ccccc3Cn3cccn3)cc21. The third-order valence-corrected chi connectivity index (χ3v) is 4.74. The molecule has 4 aromatic rings. The summed E-state index contributed by atoms with van der Waals surface area (Å²) < 4.78 is 3.71. The van der Waals surface area contributed by atoms with Gasteiger partial charge in [0.25, 0.3) is 0 Å². The van der Waals surface area contributed by atoms with E-state index in [9.17, 15) is 9.59 Å². The van der Waals surface area contributed by atoms with Gasteiger partial charge in [0.15, 0.2) is 0 Å². The Balaban J connectivity index is 1.64. The first-order valence-electron chi connectivity index (χ1n) is 9.23. The number of carboxylic acid groups (broad SMARTS) is 1. The second-order valence-electron chi connectivity index (χ2n) is 6.75. The fourth-order valence-electron chi connectivity index (χ4n) is 3.38. The lowest BCUT2D eigenvalue weighted by atomic mass is 9.99. The second-order valence-corrected chi connectivity index (χ2v) is 6.75. The highest BCUT2D eigenvalue weighted by atomic mass is 16.4. The maximum atomic E-state index is 12.0. The molecule has 1 amide bonds. The summed E-state index contributed by atoms with van der Waals surface area (Å²) in [4.78, 5) is 22.7. The Bertz CT molecular complexity index is 1160. The smallest absolute Gasteiger partial charge is 0.322 e. The Labute approximate surface area is 167 Å². The van der Waals surface area contributed by atoms with Gasteiger partial charge in [0.1, 0.15) is 13.1 Å². The van der Waals surface area contributed by atoms with Crippen LogP contribution in [-0.2, 0) is 22.7 Å². The molecule has 0 saturated heterocycles. The molecule has 0 saturated carbocycles. The number of aromatic nitrogens is 3. The number of amides is 1. The maximum Gasteiger partial charge on any atom is 0.322 e. The molecule has 7 nitrogen and oxygen atoms in total. The summed E-state index contributed by atoms with van der Waals surface area (Å²) in [6, 6.07) is 18.2. The number of fused-ring (bicyclic) bond motifs is 1. The van der Waals surface area contributed by atoms with Crippen LogP contribution < -0.4 is 5.32 Å². The van der Waals surface area contributed by atoms with Gasteiger partial charge in [0, 0.05) is 24.1 Å². The summed E-state index contributed by atoms with van der Waals surface area (Å²) in [5, 5.41) is 16.4. The van der Waals surface area contributed by atoms with E-state index in [4.69, 9.17) is 5.11 Å². The molecular formula is C22H20N4O3. The van der Waals surface area contributed by atoms with Crippen molar-refractivity contribution in [2.75, 3.05) is 6.54 Å². The van der Waals surface area contributed by atoms with E-state index < -0.39 is 5.97 Å². The molecule has 0 fully saturated rings. The molecule has 146 valence electrons. The minimum atomic E-state index is -1.06. The number of hydrogen-bond acceptors (Lipinski definition) is 3. The van der Waals surface area contributed by atoms with Crippen LogP contribution in [0.2, 0.25) is 0 Å². The zero-order chi connectivity index (χ0) is 20.2. The lowest BCUT2D eigenvalue weighted by Gasteiger charge is -2.11. The van der Waals surface area contributed by atoms with E-state index in [1.54, 1.807) is 6.20 Å². The van der Waals surface area contributed by atoms with Crippen LogP contribution in [0.4, 0.5) is 0 Å². The summed E-state index contributed by atoms with van der Waals surface area (Å²) in [6.07, 6.45) is 5.53. The summed E-state index contributed by atoms with van der Waals surface area (Å²) in [5.41, 5.74) is 4.22. The summed E-state index contributed by atoms with van der Waals surface area (Å²) in [5.74, 6) is -1.40. The molecule has 0 atom stereocenters. The standard InChI is InChI=1S/C22H20N4O3/c27-21(23-13-22(28)29)15-25-11-8-16-6-7-17(12-20(16)25)19-5-2-1-4-18(19)14-26-10-3-9-24-26/h1-12H,13-15H2,(H,23,27)(H,28,29). The molecule has 0 unspecified atom stereocenters. The van der Waals surface area contributed by atoms with Crippen LogP contribution in [0.5, 0.6) is 0 Å². The van der Waals surface area contributed by atoms with Gasteiger partial charge in [-0.05, 0) is 40.3 Å². The number of rotatable bonds is 7. The van der Waals surface area contributed by atoms with E-state index >= 15 is 0 Å². The van der Waals surface area contributed by atoms with Crippen LogP contribution in [0.3, 0.4) is 0 Å². The van der Waals surface area contributed by atoms with Crippen molar-refractivity contribution in [3.05, 3.63) is 78.8 Å². The first-order chi connectivity index (χ1) is 14.1. The van der Waals surface area contributed by atoms with Gasteiger partial charge in [0.05, 0.1) is 6.54 Å². The van der Waals surface area contributed by atoms with Gasteiger partial charge < -0.3 is 15.0 Å². The highest BCUT2D eigenvalue weighted by Crippen LogP contribution is 2.28. The molecule has 2 aromatic heterocycles. The van der Waals surface area contributed by atoms with E-state index in [1.165, 1.54) is 0 Å². The summed E-state index contributed by atoms with van der Waals surface area (Å²) in [7, 11) is 0. The largest absolute Gasteiger partial charge is 0.480 e. The Hall–Kier alpha value is -3.87. The van der Waals surface area contributed by atoms with Gasteiger partial charge in [-0.3, -0.25) is 14.3 Å². The number of carbonyl (C=O) groups excluding carboxylic acids is 1. The van der Waals surface area contributed by atoms with Gasteiger partial charge in [-0.1, -0.05) is 36.4 Å². The molecule has 4 rings (SSSR count). The van der Waals surface area contributed by atoms with E-state index in [0.29, 0.717) is 6.54 Å². The predicted octanol–water partition coefficient (Wildman–Crippen LogP) is 2.75. The molecule has 2 aromatic carbocycles. The number of nitrogens with zero attached hydrogens (tertiary/aromatic N) is 3. The Morgan fingerprint density at radius 2 is 1.90 bits per heavy atom. The first-order valence-corrected chi connectivity index (χ1v) is 9.23. The zero-order valence-corrected chi connectivity index (χ0v) is 15.7. The van der Waals surface area contributed by atoms with E-state index in [2.05, 4.69) is 34.7 Å². The van der Waals surface area contributed by atoms with Crippen molar-refractivity contribution in [1.29, 1.82) is 0 Å². The third kappa shape index (κ3) is 4.19. The van der Waals surface area contributed by atoms with Crippen molar-refractivity contribution in [2.24, 2.45) is 0 Å². The molecule has 2 heterocycles. The molecule has 0 aliphatic rings. The van der Waals surface area contributed by atoms with Crippen molar-refractivity contribution < 1.29 is 14.7 Å². The zero-order valence-electron chi connectivity index (χ0n) is 15.7. The minimum Gasteiger partial charge on any atom is -0.480 e. The van der Waals surface area contributed by atoms with Crippen LogP contribution in [0, 0.1) is 0 Å². The molecule has 0 radical (unpaired) electrons. The van der Waals surface area contributed by atoms with Crippen LogP contribution in [0.15, 0.2) is 73.2 Å². The highest BCUT2D eigenvalue weighted by Gasteiger charge is 2.11. The molecule has 0 spiro atoms. The quantitative estimate of drug-likeness (QED) is 0.509. The number of benzene rings is 2. The summed E-state index contributed by atoms with van der Waals surface area (Å²) >= 11 is 0. The lowest BCUT2D eigenvalue weighted by molar-refractivity contribution is -0.138. The van der Waals surface area contributed by atoms with Crippen molar-refractivity contribution >= 4 is 22.8 Å². The van der Waals surface area contributed by atoms with Crippen molar-refractivity contribution in [3.63, 3.8) is 0 Å². The molecule has 0 aliphatic carbocycles. The van der Waals surface area contributed by atoms with Gasteiger partial charge in [-0.2, -0.15) is 5.10 Å². The fourth-order valence-corrected chi connectivity index (χ4v) is 3.38. The molecule has 7 heteroatoms. The molecule has 29 heavy (non-hydrogen) atoms. The molecule has 0 aliphatic heterocycles. The van der Waals surface area contributed by atoms with Crippen LogP contribution in [-0.4, -0.2) is 37.9 Å². The third-order valence-electron chi connectivity index (χ3n) is 4.74. The highest BCUT2D eigenvalue weighted by molar-refractivity contribution is 5.88. The number of aliphatic carboxylic acids is 1. The van der Waals surface area contributed by atoms with Gasteiger partial charge in [0.2, 0.25) is 5.91 Å². The van der Waals surface area contributed by atoms with Crippen LogP contribution >= 0.6 is 0 Å². The molecule has 2 N–H and O–H groups in total. The Morgan fingerprint density at radius 1 is 1.03 bits per heavy atom. The van der Waals surface area contributed by atoms with Gasteiger partial charge in [-0.15, -0.1) is 0 Å². The topological polar surface area (TPSA) is 89.2 Å². The number of carbonyl (C=O) groups is 2. The molecular weight excluding hydrogens is 368 g/mol. The lowest BCUT2D eigenvalue weighted by Crippen LogP contribution is -2.31. The Kier molecular flexibility index (Phi) is 5.11. The average molecular weight is 388 g/mol. The Morgan fingerprint density at radius 3 is 2.69 bits per heavy atom. The van der Waals surface area contributed by atoms with Crippen molar-refractivity contribution in [2.45, 2.75) is 13.1 Å². The number of nitrogens with one attached hydrogen (secondary N) is 1. The predicted molar refractivity (Wildman–Crippen MR) is 109 cm³/mol. The first kappa shape index (κ1) is 18.5. The van der Waals surface area contributed by atoms with E-state index in [-0.39, 0.29) is 19.0 Å².